The van der Waals surface area contributed by atoms with Gasteiger partial charge in [0, 0.05) is 13.5 Å². The van der Waals surface area contributed by atoms with Crippen LogP contribution in [0.25, 0.3) is 6.08 Å². The normalized spacial score (nSPS) is 11.2. The first-order chi connectivity index (χ1) is 18.9. The number of hydrogen-bond donors (Lipinski definition) is 2. The van der Waals surface area contributed by atoms with Gasteiger partial charge in [-0.2, -0.15) is 18.6 Å². The average Bonchev–Trinajstić information content (AvgIpc) is 2.94. The molecule has 1 aromatic rings. The molecular formula is C31H55NO6S. The van der Waals surface area contributed by atoms with Gasteiger partial charge >= 0.3 is 10.4 Å². The summed E-state index contributed by atoms with van der Waals surface area (Å²) in [6.45, 7) is 6.19. The van der Waals surface area contributed by atoms with Crippen LogP contribution in [-0.4, -0.2) is 33.5 Å². The Labute approximate surface area is 239 Å². The van der Waals surface area contributed by atoms with Gasteiger partial charge in [0.1, 0.15) is 6.29 Å². The molecule has 0 amide bonds. The van der Waals surface area contributed by atoms with Crippen molar-refractivity contribution < 1.29 is 26.8 Å². The highest BCUT2D eigenvalue weighted by Gasteiger charge is 2.10. The SMILES string of the molecule is C/C=C/c1c(C)cccc1CCOS(=O)(=O)ON.CCCCCCCC/C=C\CCCCCCCC=O.CO. The summed E-state index contributed by atoms with van der Waals surface area (Å²) in [5, 5.41) is 7.00. The zero-order chi connectivity index (χ0) is 29.6. The van der Waals surface area contributed by atoms with Crippen LogP contribution in [0.5, 0.6) is 0 Å². The summed E-state index contributed by atoms with van der Waals surface area (Å²) in [7, 11) is -3.07. The van der Waals surface area contributed by atoms with Gasteiger partial charge in [-0.05, 0) is 69.1 Å². The van der Waals surface area contributed by atoms with E-state index in [0.717, 1.165) is 42.9 Å². The Morgan fingerprint density at radius 2 is 1.41 bits per heavy atom. The molecule has 0 unspecified atom stereocenters. The molecule has 8 heteroatoms. The average molecular weight is 570 g/mol. The van der Waals surface area contributed by atoms with E-state index in [2.05, 4.69) is 33.4 Å². The lowest BCUT2D eigenvalue weighted by Crippen LogP contribution is -2.16. The molecule has 1 rings (SSSR count). The molecule has 0 fully saturated rings. The minimum Gasteiger partial charge on any atom is -0.400 e. The number of aliphatic hydroxyl groups excluding tert-OH is 1. The fourth-order valence-corrected chi connectivity index (χ4v) is 4.29. The fraction of sp³-hybridized carbons (Fsp3) is 0.645. The Morgan fingerprint density at radius 3 is 1.92 bits per heavy atom. The van der Waals surface area contributed by atoms with Crippen LogP contribution < -0.4 is 5.90 Å². The number of allylic oxidation sites excluding steroid dienone is 3. The third kappa shape index (κ3) is 24.9. The summed E-state index contributed by atoms with van der Waals surface area (Å²) in [4.78, 5) is 10.1. The number of benzene rings is 1. The molecule has 0 saturated carbocycles. The standard InChI is InChI=1S/C18H34O.C12H17NO4S.CH4O/c1-2-3-4-5-6-7-8-9-10-11-12-13-14-15-16-17-18-19;1-3-5-12-10(2)6-4-7-11(12)8-9-16-18(14,15)17-13;1-2/h9-10,18H,2-8,11-17H2,1H3;3-7H,8-9,13H2,1-2H3;2H,1H3/b10-9-;5-3+;. The maximum Gasteiger partial charge on any atom is 0.415 e. The van der Waals surface area contributed by atoms with E-state index in [1.54, 1.807) is 0 Å². The Kier molecular flexibility index (Phi) is 29.4. The fourth-order valence-electron chi connectivity index (χ4n) is 3.94. The summed E-state index contributed by atoms with van der Waals surface area (Å²) < 4.78 is 30.0. The molecule has 39 heavy (non-hydrogen) atoms. The molecule has 0 aliphatic heterocycles. The maximum atomic E-state index is 10.9. The lowest BCUT2D eigenvalue weighted by molar-refractivity contribution is -0.107. The lowest BCUT2D eigenvalue weighted by Gasteiger charge is -2.09. The molecule has 226 valence electrons. The number of carbonyl (C=O) groups excluding carboxylic acids is 1. The van der Waals surface area contributed by atoms with Crippen molar-refractivity contribution in [3.05, 3.63) is 53.1 Å². The first kappa shape index (κ1) is 39.3. The van der Waals surface area contributed by atoms with Crippen molar-refractivity contribution in [3.63, 3.8) is 0 Å². The van der Waals surface area contributed by atoms with Crippen molar-refractivity contribution in [1.82, 2.24) is 0 Å². The zero-order valence-corrected chi connectivity index (χ0v) is 25.7. The van der Waals surface area contributed by atoms with E-state index in [0.29, 0.717) is 6.42 Å². The Bertz CT molecular complexity index is 853. The predicted molar refractivity (Wildman–Crippen MR) is 163 cm³/mol. The van der Waals surface area contributed by atoms with Gasteiger partial charge in [0.15, 0.2) is 0 Å². The van der Waals surface area contributed by atoms with E-state index < -0.39 is 10.4 Å². The molecule has 0 radical (unpaired) electrons. The number of aliphatic hydroxyl groups is 1. The lowest BCUT2D eigenvalue weighted by atomic mass is 9.99. The van der Waals surface area contributed by atoms with Crippen LogP contribution in [0.3, 0.4) is 0 Å². The van der Waals surface area contributed by atoms with E-state index in [1.165, 1.54) is 77.0 Å². The Morgan fingerprint density at radius 1 is 0.872 bits per heavy atom. The van der Waals surface area contributed by atoms with Crippen LogP contribution in [0.2, 0.25) is 0 Å². The van der Waals surface area contributed by atoms with Crippen LogP contribution in [0.1, 0.15) is 120 Å². The topological polar surface area (TPSA) is 116 Å². The highest BCUT2D eigenvalue weighted by molar-refractivity contribution is 7.81. The molecule has 0 bridgehead atoms. The van der Waals surface area contributed by atoms with E-state index in [9.17, 15) is 13.2 Å². The first-order valence-electron chi connectivity index (χ1n) is 14.4. The van der Waals surface area contributed by atoms with Gasteiger partial charge in [-0.3, -0.25) is 0 Å². The quantitative estimate of drug-likeness (QED) is 0.0679. The van der Waals surface area contributed by atoms with E-state index in [1.807, 2.05) is 44.2 Å². The molecule has 0 atom stereocenters. The van der Waals surface area contributed by atoms with E-state index >= 15 is 0 Å². The van der Waals surface area contributed by atoms with Gasteiger partial charge in [0.2, 0.25) is 0 Å². The first-order valence-corrected chi connectivity index (χ1v) is 15.8. The van der Waals surface area contributed by atoms with Crippen LogP contribution in [0.15, 0.2) is 36.4 Å². The van der Waals surface area contributed by atoms with Crippen molar-refractivity contribution >= 4 is 22.8 Å². The van der Waals surface area contributed by atoms with Crippen molar-refractivity contribution in [2.45, 2.75) is 117 Å². The maximum absolute atomic E-state index is 10.9. The highest BCUT2D eigenvalue weighted by Crippen LogP contribution is 2.17. The summed E-state index contributed by atoms with van der Waals surface area (Å²) in [6.07, 6.45) is 28.0. The van der Waals surface area contributed by atoms with Crippen molar-refractivity contribution in [2.24, 2.45) is 5.90 Å². The summed E-state index contributed by atoms with van der Waals surface area (Å²) in [6, 6.07) is 5.85. The van der Waals surface area contributed by atoms with Gasteiger partial charge in [0.05, 0.1) is 6.61 Å². The second-order valence-corrected chi connectivity index (χ2v) is 10.5. The number of rotatable bonds is 21. The van der Waals surface area contributed by atoms with Gasteiger partial charge in [0.25, 0.3) is 0 Å². The van der Waals surface area contributed by atoms with Gasteiger partial charge in [-0.1, -0.05) is 101 Å². The van der Waals surface area contributed by atoms with Crippen LogP contribution in [0, 0.1) is 6.92 Å². The number of hydrogen-bond acceptors (Lipinski definition) is 7. The minimum absolute atomic E-state index is 0.00641. The Hall–Kier alpha value is -1.84. The molecule has 0 heterocycles. The number of aldehydes is 1. The molecule has 1 aromatic carbocycles. The van der Waals surface area contributed by atoms with Gasteiger partial charge in [-0.15, -0.1) is 0 Å². The second kappa shape index (κ2) is 29.2. The van der Waals surface area contributed by atoms with Crippen molar-refractivity contribution in [1.29, 1.82) is 0 Å². The van der Waals surface area contributed by atoms with Crippen LogP contribution in [-0.2, 0) is 30.1 Å². The third-order valence-electron chi connectivity index (χ3n) is 6.05. The van der Waals surface area contributed by atoms with Crippen molar-refractivity contribution in [3.8, 4) is 0 Å². The van der Waals surface area contributed by atoms with Gasteiger partial charge < -0.3 is 9.90 Å². The second-order valence-electron chi connectivity index (χ2n) is 9.26. The zero-order valence-electron chi connectivity index (χ0n) is 24.9. The smallest absolute Gasteiger partial charge is 0.400 e. The molecule has 0 saturated heterocycles. The third-order valence-corrected chi connectivity index (χ3v) is 6.74. The molecule has 0 aliphatic rings. The molecule has 0 spiro atoms. The summed E-state index contributed by atoms with van der Waals surface area (Å²) >= 11 is 0. The minimum atomic E-state index is -4.07. The summed E-state index contributed by atoms with van der Waals surface area (Å²) in [5.41, 5.74) is 3.22. The number of unbranched alkanes of at least 4 members (excludes halogenated alkanes) is 12. The summed E-state index contributed by atoms with van der Waals surface area (Å²) in [5.74, 6) is 4.56. The molecule has 0 aromatic heterocycles. The molecule has 0 aliphatic carbocycles. The van der Waals surface area contributed by atoms with Crippen LogP contribution in [0.4, 0.5) is 0 Å². The van der Waals surface area contributed by atoms with E-state index in [4.69, 9.17) is 5.11 Å². The monoisotopic (exact) mass is 569 g/mol. The highest BCUT2D eigenvalue weighted by atomic mass is 32.3. The predicted octanol–water partition coefficient (Wildman–Crippen LogP) is 7.55. The largest absolute Gasteiger partial charge is 0.415 e. The van der Waals surface area contributed by atoms with Crippen LogP contribution >= 0.6 is 0 Å². The number of nitrogens with two attached hydrogens (primary N) is 1. The van der Waals surface area contributed by atoms with Crippen molar-refractivity contribution in [2.75, 3.05) is 13.7 Å². The Balaban J connectivity index is 0. The molecular weight excluding hydrogens is 514 g/mol. The molecule has 7 nitrogen and oxygen atoms in total. The number of carbonyl (C=O) groups is 1. The molecule has 3 N–H and O–H groups in total. The van der Waals surface area contributed by atoms with E-state index in [-0.39, 0.29) is 6.61 Å². The van der Waals surface area contributed by atoms with Gasteiger partial charge in [-0.25, -0.2) is 4.18 Å². The number of aryl methyl sites for hydroxylation is 1.